The molecule has 5 heteroatoms. The number of aromatic hydroxyl groups is 1. The number of rotatable bonds is 2. The summed E-state index contributed by atoms with van der Waals surface area (Å²) >= 11 is 6.24. The van der Waals surface area contributed by atoms with Gasteiger partial charge in [0.05, 0.1) is 5.69 Å². The quantitative estimate of drug-likeness (QED) is 0.722. The Hall–Kier alpha value is -1.26. The van der Waals surface area contributed by atoms with Crippen LogP contribution in [0.1, 0.15) is 31.2 Å². The number of anilines is 1. The minimum atomic E-state index is -0.206. The van der Waals surface area contributed by atoms with Crippen molar-refractivity contribution >= 4 is 23.2 Å². The highest BCUT2D eigenvalue weighted by molar-refractivity contribution is 6.32. The molecule has 1 aliphatic rings. The zero-order valence-electron chi connectivity index (χ0n) is 10.3. The van der Waals surface area contributed by atoms with E-state index in [-0.39, 0.29) is 17.6 Å². The van der Waals surface area contributed by atoms with Gasteiger partial charge in [-0.3, -0.25) is 4.79 Å². The number of nitrogens with one attached hydrogen (secondary N) is 2. The Balaban J connectivity index is 2.41. The topological polar surface area (TPSA) is 61.4 Å². The van der Waals surface area contributed by atoms with E-state index in [9.17, 15) is 9.90 Å². The third-order valence-corrected chi connectivity index (χ3v) is 3.55. The summed E-state index contributed by atoms with van der Waals surface area (Å²) in [5.74, 6) is 0.138. The van der Waals surface area contributed by atoms with Gasteiger partial charge in [-0.1, -0.05) is 11.6 Å². The minimum absolute atomic E-state index is 0.0723. The van der Waals surface area contributed by atoms with Crippen molar-refractivity contribution in [2.45, 2.75) is 25.7 Å². The fourth-order valence-electron chi connectivity index (χ4n) is 2.40. The molecule has 0 atom stereocenters. The van der Waals surface area contributed by atoms with Crippen LogP contribution < -0.4 is 10.6 Å². The van der Waals surface area contributed by atoms with Gasteiger partial charge in [0.25, 0.3) is 0 Å². The van der Waals surface area contributed by atoms with Gasteiger partial charge in [0.15, 0.2) is 0 Å². The maximum absolute atomic E-state index is 11.2. The van der Waals surface area contributed by atoms with Gasteiger partial charge >= 0.3 is 0 Å². The van der Waals surface area contributed by atoms with E-state index in [1.807, 2.05) is 0 Å². The van der Waals surface area contributed by atoms with Crippen molar-refractivity contribution in [2.75, 3.05) is 18.4 Å². The van der Waals surface area contributed by atoms with Crippen molar-refractivity contribution in [2.24, 2.45) is 0 Å². The van der Waals surface area contributed by atoms with Crippen molar-refractivity contribution in [1.82, 2.24) is 5.32 Å². The molecule has 1 aromatic carbocycles. The third-order valence-electron chi connectivity index (χ3n) is 3.22. The van der Waals surface area contributed by atoms with Crippen LogP contribution in [-0.2, 0) is 4.79 Å². The molecule has 1 aliphatic heterocycles. The Kier molecular flexibility index (Phi) is 4.09. The zero-order valence-corrected chi connectivity index (χ0v) is 11.0. The van der Waals surface area contributed by atoms with Gasteiger partial charge in [-0.25, -0.2) is 0 Å². The summed E-state index contributed by atoms with van der Waals surface area (Å²) in [5, 5.41) is 16.5. The van der Waals surface area contributed by atoms with Crippen molar-refractivity contribution < 1.29 is 9.90 Å². The van der Waals surface area contributed by atoms with E-state index in [1.54, 1.807) is 6.07 Å². The van der Waals surface area contributed by atoms with E-state index in [1.165, 1.54) is 13.0 Å². The van der Waals surface area contributed by atoms with E-state index < -0.39 is 0 Å². The lowest BCUT2D eigenvalue weighted by Gasteiger charge is -2.26. The number of carbonyl (C=O) groups excluding carboxylic acids is 1. The van der Waals surface area contributed by atoms with Gasteiger partial charge in [-0.15, -0.1) is 0 Å². The zero-order chi connectivity index (χ0) is 13.1. The number of hydrogen-bond acceptors (Lipinski definition) is 3. The first kappa shape index (κ1) is 13.2. The molecule has 1 amide bonds. The van der Waals surface area contributed by atoms with Gasteiger partial charge in [-0.05, 0) is 44.0 Å². The molecule has 1 heterocycles. The van der Waals surface area contributed by atoms with Gasteiger partial charge in [0, 0.05) is 17.5 Å². The highest BCUT2D eigenvalue weighted by Gasteiger charge is 2.23. The normalized spacial score (nSPS) is 16.6. The van der Waals surface area contributed by atoms with E-state index in [0.717, 1.165) is 31.5 Å². The first-order valence-electron chi connectivity index (χ1n) is 6.09. The molecule has 0 radical (unpaired) electrons. The molecule has 0 aromatic heterocycles. The van der Waals surface area contributed by atoms with Crippen LogP contribution in [0, 0.1) is 0 Å². The SMILES string of the molecule is CC(=O)Nc1c(O)ccc(Cl)c1C1CCNCC1. The first-order chi connectivity index (χ1) is 8.59. The van der Waals surface area contributed by atoms with Crippen LogP contribution in [0.2, 0.25) is 5.02 Å². The van der Waals surface area contributed by atoms with Gasteiger partial charge < -0.3 is 15.7 Å². The average Bonchev–Trinajstić information content (AvgIpc) is 2.35. The van der Waals surface area contributed by atoms with Crippen LogP contribution >= 0.6 is 11.6 Å². The summed E-state index contributed by atoms with van der Waals surface area (Å²) in [5.41, 5.74) is 1.32. The van der Waals surface area contributed by atoms with E-state index in [0.29, 0.717) is 10.7 Å². The Morgan fingerprint density at radius 3 is 2.72 bits per heavy atom. The lowest BCUT2D eigenvalue weighted by Crippen LogP contribution is -2.27. The van der Waals surface area contributed by atoms with Gasteiger partial charge in [-0.2, -0.15) is 0 Å². The van der Waals surface area contributed by atoms with Crippen LogP contribution in [0.15, 0.2) is 12.1 Å². The number of carbonyl (C=O) groups is 1. The number of phenolic OH excluding ortho intramolecular Hbond substituents is 1. The lowest BCUT2D eigenvalue weighted by atomic mass is 9.88. The molecule has 0 bridgehead atoms. The third kappa shape index (κ3) is 2.76. The fraction of sp³-hybridized carbons (Fsp3) is 0.462. The second-order valence-electron chi connectivity index (χ2n) is 4.56. The maximum Gasteiger partial charge on any atom is 0.221 e. The molecular formula is C13H17ClN2O2. The van der Waals surface area contributed by atoms with Gasteiger partial charge in [0.1, 0.15) is 5.75 Å². The van der Waals surface area contributed by atoms with Crippen molar-refractivity contribution in [1.29, 1.82) is 0 Å². The second kappa shape index (κ2) is 5.59. The molecule has 0 aliphatic carbocycles. The molecule has 3 N–H and O–H groups in total. The minimum Gasteiger partial charge on any atom is -0.506 e. The summed E-state index contributed by atoms with van der Waals surface area (Å²) in [6.45, 7) is 3.28. The first-order valence-corrected chi connectivity index (χ1v) is 6.47. The number of benzene rings is 1. The summed E-state index contributed by atoms with van der Waals surface area (Å²) < 4.78 is 0. The predicted octanol–water partition coefficient (Wildman–Crippen LogP) is 2.47. The molecule has 1 fully saturated rings. The highest BCUT2D eigenvalue weighted by atomic mass is 35.5. The molecular weight excluding hydrogens is 252 g/mol. The monoisotopic (exact) mass is 268 g/mol. The summed E-state index contributed by atoms with van der Waals surface area (Å²) in [4.78, 5) is 11.2. The van der Waals surface area contributed by atoms with Gasteiger partial charge in [0.2, 0.25) is 5.91 Å². The number of piperidine rings is 1. The van der Waals surface area contributed by atoms with Crippen LogP contribution in [-0.4, -0.2) is 24.1 Å². The summed E-state index contributed by atoms with van der Waals surface area (Å²) in [6, 6.07) is 3.19. The second-order valence-corrected chi connectivity index (χ2v) is 4.97. The van der Waals surface area contributed by atoms with Crippen molar-refractivity contribution in [3.05, 3.63) is 22.7 Å². The smallest absolute Gasteiger partial charge is 0.221 e. The number of halogens is 1. The number of phenols is 1. The molecule has 98 valence electrons. The van der Waals surface area contributed by atoms with Crippen molar-refractivity contribution in [3.8, 4) is 5.75 Å². The number of hydrogen-bond donors (Lipinski definition) is 3. The predicted molar refractivity (Wildman–Crippen MR) is 72.3 cm³/mol. The Morgan fingerprint density at radius 1 is 1.44 bits per heavy atom. The fourth-order valence-corrected chi connectivity index (χ4v) is 2.71. The van der Waals surface area contributed by atoms with Crippen molar-refractivity contribution in [3.63, 3.8) is 0 Å². The Morgan fingerprint density at radius 2 is 2.11 bits per heavy atom. The lowest BCUT2D eigenvalue weighted by molar-refractivity contribution is -0.114. The van der Waals surface area contributed by atoms with Crippen LogP contribution in [0.25, 0.3) is 0 Å². The Bertz CT molecular complexity index is 457. The van der Waals surface area contributed by atoms with Crippen LogP contribution in [0.4, 0.5) is 5.69 Å². The highest BCUT2D eigenvalue weighted by Crippen LogP contribution is 2.41. The molecule has 18 heavy (non-hydrogen) atoms. The summed E-state index contributed by atoms with van der Waals surface area (Å²) in [6.07, 6.45) is 1.91. The molecule has 0 spiro atoms. The average molecular weight is 269 g/mol. The molecule has 0 unspecified atom stereocenters. The number of amides is 1. The molecule has 0 saturated carbocycles. The molecule has 4 nitrogen and oxygen atoms in total. The molecule has 1 aromatic rings. The summed E-state index contributed by atoms with van der Waals surface area (Å²) in [7, 11) is 0. The largest absolute Gasteiger partial charge is 0.506 e. The van der Waals surface area contributed by atoms with E-state index in [4.69, 9.17) is 11.6 Å². The van der Waals surface area contributed by atoms with E-state index >= 15 is 0 Å². The van der Waals surface area contributed by atoms with Crippen LogP contribution in [0.5, 0.6) is 5.75 Å². The molecule has 1 saturated heterocycles. The standard InChI is InChI=1S/C13H17ClN2O2/c1-8(17)16-13-11(18)3-2-10(14)12(13)9-4-6-15-7-5-9/h2-3,9,15,18H,4-7H2,1H3,(H,16,17). The molecule has 2 rings (SSSR count). The maximum atomic E-state index is 11.2. The van der Waals surface area contributed by atoms with Crippen LogP contribution in [0.3, 0.4) is 0 Å². The Labute approximate surface area is 111 Å². The van der Waals surface area contributed by atoms with E-state index in [2.05, 4.69) is 10.6 Å².